The summed E-state index contributed by atoms with van der Waals surface area (Å²) in [6.45, 7) is 4.74. The molecule has 3 N–H and O–H groups in total. The largest absolute Gasteiger partial charge is 0.387 e. The van der Waals surface area contributed by atoms with Gasteiger partial charge in [0.2, 0.25) is 5.91 Å². The van der Waals surface area contributed by atoms with E-state index < -0.39 is 5.60 Å². The summed E-state index contributed by atoms with van der Waals surface area (Å²) in [4.78, 5) is 13.7. The lowest BCUT2D eigenvalue weighted by Crippen LogP contribution is -2.47. The molecular weight excluding hydrogens is 242 g/mol. The maximum atomic E-state index is 11.8. The number of hydrogen-bond donors (Lipinski definition) is 3. The highest BCUT2D eigenvalue weighted by Crippen LogP contribution is 2.15. The van der Waals surface area contributed by atoms with Gasteiger partial charge in [0, 0.05) is 19.5 Å². The van der Waals surface area contributed by atoms with Crippen LogP contribution in [-0.4, -0.2) is 61.8 Å². The Labute approximate surface area is 116 Å². The van der Waals surface area contributed by atoms with Gasteiger partial charge in [0.25, 0.3) is 0 Å². The van der Waals surface area contributed by atoms with Crippen LogP contribution < -0.4 is 10.6 Å². The zero-order valence-corrected chi connectivity index (χ0v) is 12.5. The molecule has 0 spiro atoms. The molecule has 2 atom stereocenters. The Balaban J connectivity index is 2.16. The van der Waals surface area contributed by atoms with E-state index in [2.05, 4.69) is 10.6 Å². The van der Waals surface area contributed by atoms with Gasteiger partial charge in [-0.05, 0) is 59.3 Å². The molecule has 1 rings (SSSR count). The van der Waals surface area contributed by atoms with Crippen molar-refractivity contribution in [2.75, 3.05) is 40.3 Å². The molecule has 1 aliphatic rings. The molecule has 0 aromatic carbocycles. The minimum atomic E-state index is -0.869. The van der Waals surface area contributed by atoms with Crippen molar-refractivity contribution in [1.82, 2.24) is 15.5 Å². The topological polar surface area (TPSA) is 64.6 Å². The molecule has 1 amide bonds. The minimum Gasteiger partial charge on any atom is -0.387 e. The number of nitrogens with zero attached hydrogens (tertiary/aromatic N) is 1. The Bertz CT molecular complexity index is 274. The van der Waals surface area contributed by atoms with Crippen molar-refractivity contribution in [1.29, 1.82) is 0 Å². The fraction of sp³-hybridized carbons (Fsp3) is 0.929. The molecule has 1 aliphatic heterocycles. The first-order chi connectivity index (χ1) is 8.89. The zero-order valence-electron chi connectivity index (χ0n) is 12.5. The van der Waals surface area contributed by atoms with E-state index in [0.29, 0.717) is 25.4 Å². The van der Waals surface area contributed by atoms with E-state index in [1.807, 2.05) is 19.0 Å². The van der Waals surface area contributed by atoms with E-state index in [0.717, 1.165) is 19.5 Å². The molecule has 1 heterocycles. The van der Waals surface area contributed by atoms with Crippen LogP contribution in [0.5, 0.6) is 0 Å². The maximum absolute atomic E-state index is 11.8. The fourth-order valence-corrected chi connectivity index (χ4v) is 2.62. The van der Waals surface area contributed by atoms with E-state index in [1.54, 1.807) is 6.92 Å². The van der Waals surface area contributed by atoms with Gasteiger partial charge in [0.1, 0.15) is 0 Å². The summed E-state index contributed by atoms with van der Waals surface area (Å²) in [7, 11) is 3.82. The Hall–Kier alpha value is -0.650. The van der Waals surface area contributed by atoms with Gasteiger partial charge in [-0.2, -0.15) is 0 Å². The van der Waals surface area contributed by atoms with Gasteiger partial charge in [0.15, 0.2) is 0 Å². The van der Waals surface area contributed by atoms with Crippen molar-refractivity contribution in [2.24, 2.45) is 5.92 Å². The Morgan fingerprint density at radius 2 is 2.26 bits per heavy atom. The van der Waals surface area contributed by atoms with Crippen LogP contribution >= 0.6 is 0 Å². The van der Waals surface area contributed by atoms with Crippen LogP contribution in [0, 0.1) is 5.92 Å². The second kappa shape index (κ2) is 7.82. The van der Waals surface area contributed by atoms with Crippen LogP contribution in [0.15, 0.2) is 0 Å². The minimum absolute atomic E-state index is 0.0459. The summed E-state index contributed by atoms with van der Waals surface area (Å²) in [5, 5.41) is 16.3. The average Bonchev–Trinajstić information content (AvgIpc) is 2.34. The van der Waals surface area contributed by atoms with Crippen LogP contribution in [0.25, 0.3) is 0 Å². The van der Waals surface area contributed by atoms with Gasteiger partial charge in [-0.1, -0.05) is 0 Å². The summed E-state index contributed by atoms with van der Waals surface area (Å²) < 4.78 is 0. The lowest BCUT2D eigenvalue weighted by molar-refractivity contribution is -0.122. The SMILES string of the molecule is CN(C)CC(C)(O)CNC(=O)CCC1CCCNC1. The summed E-state index contributed by atoms with van der Waals surface area (Å²) >= 11 is 0. The lowest BCUT2D eigenvalue weighted by Gasteiger charge is -2.27. The molecular formula is C14H29N3O2. The number of hydrogen-bond acceptors (Lipinski definition) is 4. The van der Waals surface area contributed by atoms with Gasteiger partial charge >= 0.3 is 0 Å². The van der Waals surface area contributed by atoms with Gasteiger partial charge in [-0.3, -0.25) is 4.79 Å². The highest BCUT2D eigenvalue weighted by Gasteiger charge is 2.22. The van der Waals surface area contributed by atoms with Crippen molar-refractivity contribution in [2.45, 2.75) is 38.2 Å². The van der Waals surface area contributed by atoms with Crippen LogP contribution in [0.3, 0.4) is 0 Å². The van der Waals surface area contributed by atoms with Crippen molar-refractivity contribution < 1.29 is 9.90 Å². The number of carbonyl (C=O) groups is 1. The standard InChI is InChI=1S/C14H29N3O2/c1-14(19,11-17(2)3)10-16-13(18)7-6-12-5-4-8-15-9-12/h12,15,19H,4-11H2,1-3H3,(H,16,18). The lowest BCUT2D eigenvalue weighted by atomic mass is 9.94. The molecule has 0 saturated carbocycles. The Morgan fingerprint density at radius 1 is 1.53 bits per heavy atom. The van der Waals surface area contributed by atoms with Gasteiger partial charge in [0.05, 0.1) is 5.60 Å². The summed E-state index contributed by atoms with van der Waals surface area (Å²) in [6, 6.07) is 0. The maximum Gasteiger partial charge on any atom is 0.220 e. The molecule has 0 aromatic heterocycles. The summed E-state index contributed by atoms with van der Waals surface area (Å²) in [6.07, 6.45) is 3.93. The predicted molar refractivity (Wildman–Crippen MR) is 77.0 cm³/mol. The molecule has 0 bridgehead atoms. The molecule has 2 unspecified atom stereocenters. The second-order valence-electron chi connectivity index (χ2n) is 6.26. The number of piperidine rings is 1. The van der Waals surface area contributed by atoms with Crippen LogP contribution in [0.1, 0.15) is 32.6 Å². The molecule has 19 heavy (non-hydrogen) atoms. The molecule has 5 heteroatoms. The van der Waals surface area contributed by atoms with E-state index >= 15 is 0 Å². The number of amides is 1. The molecule has 0 radical (unpaired) electrons. The first kappa shape index (κ1) is 16.4. The summed E-state index contributed by atoms with van der Waals surface area (Å²) in [5.74, 6) is 0.673. The quantitative estimate of drug-likeness (QED) is 0.619. The first-order valence-electron chi connectivity index (χ1n) is 7.23. The average molecular weight is 271 g/mol. The Kier molecular flexibility index (Phi) is 6.75. The molecule has 0 aromatic rings. The number of likely N-dealkylation sites (N-methyl/N-ethyl adjacent to an activating group) is 1. The number of aliphatic hydroxyl groups is 1. The summed E-state index contributed by atoms with van der Waals surface area (Å²) in [5.41, 5.74) is -0.869. The van der Waals surface area contributed by atoms with E-state index in [-0.39, 0.29) is 5.91 Å². The molecule has 0 aliphatic carbocycles. The van der Waals surface area contributed by atoms with E-state index in [4.69, 9.17) is 0 Å². The number of nitrogens with one attached hydrogen (secondary N) is 2. The smallest absolute Gasteiger partial charge is 0.220 e. The van der Waals surface area contributed by atoms with Crippen LogP contribution in [-0.2, 0) is 4.79 Å². The highest BCUT2D eigenvalue weighted by atomic mass is 16.3. The first-order valence-corrected chi connectivity index (χ1v) is 7.23. The van der Waals surface area contributed by atoms with Crippen LogP contribution in [0.2, 0.25) is 0 Å². The highest BCUT2D eigenvalue weighted by molar-refractivity contribution is 5.75. The zero-order chi connectivity index (χ0) is 14.3. The fourth-order valence-electron chi connectivity index (χ4n) is 2.62. The third-order valence-electron chi connectivity index (χ3n) is 3.50. The van der Waals surface area contributed by atoms with Gasteiger partial charge < -0.3 is 20.6 Å². The molecule has 1 saturated heterocycles. The van der Waals surface area contributed by atoms with Crippen molar-refractivity contribution >= 4 is 5.91 Å². The molecule has 112 valence electrons. The molecule has 1 fully saturated rings. The normalized spacial score (nSPS) is 23.1. The second-order valence-corrected chi connectivity index (χ2v) is 6.26. The number of carbonyl (C=O) groups excluding carboxylic acids is 1. The van der Waals surface area contributed by atoms with E-state index in [9.17, 15) is 9.90 Å². The predicted octanol–water partition coefficient (Wildman–Crippen LogP) is 0.195. The van der Waals surface area contributed by atoms with Gasteiger partial charge in [-0.15, -0.1) is 0 Å². The third-order valence-corrected chi connectivity index (χ3v) is 3.50. The van der Waals surface area contributed by atoms with E-state index in [1.165, 1.54) is 12.8 Å². The number of rotatable bonds is 7. The van der Waals surface area contributed by atoms with Crippen LogP contribution in [0.4, 0.5) is 0 Å². The van der Waals surface area contributed by atoms with Crippen molar-refractivity contribution in [3.63, 3.8) is 0 Å². The van der Waals surface area contributed by atoms with Crippen molar-refractivity contribution in [3.8, 4) is 0 Å². The Morgan fingerprint density at radius 3 is 2.84 bits per heavy atom. The monoisotopic (exact) mass is 271 g/mol. The van der Waals surface area contributed by atoms with Crippen molar-refractivity contribution in [3.05, 3.63) is 0 Å². The third kappa shape index (κ3) is 7.50. The van der Waals surface area contributed by atoms with Gasteiger partial charge in [-0.25, -0.2) is 0 Å². The molecule has 5 nitrogen and oxygen atoms in total.